The third-order valence-electron chi connectivity index (χ3n) is 4.87. The van der Waals surface area contributed by atoms with E-state index in [4.69, 9.17) is 4.74 Å². The van der Waals surface area contributed by atoms with Crippen molar-refractivity contribution < 1.29 is 17.9 Å². The van der Waals surface area contributed by atoms with Crippen molar-refractivity contribution in [1.29, 1.82) is 0 Å². The molecule has 0 unspecified atom stereocenters. The van der Waals surface area contributed by atoms with Crippen molar-refractivity contribution in [3.8, 4) is 5.75 Å². The molecule has 0 radical (unpaired) electrons. The average molecular weight is 453 g/mol. The van der Waals surface area contributed by atoms with Gasteiger partial charge in [-0.25, -0.2) is 8.42 Å². The molecule has 0 atom stereocenters. The highest BCUT2D eigenvalue weighted by Gasteiger charge is 2.19. The van der Waals surface area contributed by atoms with Gasteiger partial charge in [0.1, 0.15) is 5.75 Å². The summed E-state index contributed by atoms with van der Waals surface area (Å²) in [5.74, 6) is 0.324. The minimum absolute atomic E-state index is 0.116. The summed E-state index contributed by atoms with van der Waals surface area (Å²) in [6.07, 6.45) is 0. The van der Waals surface area contributed by atoms with Crippen LogP contribution in [0.1, 0.15) is 31.9 Å². The molecule has 0 spiro atoms. The molecule has 3 rings (SSSR count). The van der Waals surface area contributed by atoms with Gasteiger partial charge in [-0.05, 0) is 53.8 Å². The van der Waals surface area contributed by atoms with E-state index in [1.165, 1.54) is 12.1 Å². The Labute approximate surface area is 189 Å². The molecule has 0 saturated carbocycles. The van der Waals surface area contributed by atoms with Gasteiger partial charge in [0.05, 0.1) is 10.6 Å². The number of benzene rings is 3. The molecule has 32 heavy (non-hydrogen) atoms. The summed E-state index contributed by atoms with van der Waals surface area (Å²) in [5.41, 5.74) is 2.50. The minimum Gasteiger partial charge on any atom is -0.483 e. The summed E-state index contributed by atoms with van der Waals surface area (Å²) < 4.78 is 33.6. The largest absolute Gasteiger partial charge is 0.483 e. The Hall–Kier alpha value is -3.32. The highest BCUT2D eigenvalue weighted by Crippen LogP contribution is 2.31. The SMILES string of the molecule is Cc1ccc(NC(=O)COc2ccccc2C(C)(C)C)cc1NS(=O)(=O)c1ccccc1. The summed E-state index contributed by atoms with van der Waals surface area (Å²) in [6, 6.07) is 20.8. The number of para-hydroxylation sites is 1. The van der Waals surface area contributed by atoms with Gasteiger partial charge < -0.3 is 10.1 Å². The van der Waals surface area contributed by atoms with Gasteiger partial charge in [-0.15, -0.1) is 0 Å². The Kier molecular flexibility index (Phi) is 6.89. The number of hydrogen-bond acceptors (Lipinski definition) is 4. The van der Waals surface area contributed by atoms with Crippen molar-refractivity contribution >= 4 is 27.3 Å². The lowest BCUT2D eigenvalue weighted by Gasteiger charge is -2.22. The number of rotatable bonds is 7. The maximum Gasteiger partial charge on any atom is 0.262 e. The van der Waals surface area contributed by atoms with Crippen LogP contribution in [0.25, 0.3) is 0 Å². The van der Waals surface area contributed by atoms with E-state index in [0.29, 0.717) is 17.1 Å². The Morgan fingerprint density at radius 2 is 1.59 bits per heavy atom. The first-order chi connectivity index (χ1) is 15.1. The summed E-state index contributed by atoms with van der Waals surface area (Å²) in [6.45, 7) is 7.88. The predicted molar refractivity (Wildman–Crippen MR) is 128 cm³/mol. The number of amides is 1. The molecule has 168 valence electrons. The lowest BCUT2D eigenvalue weighted by molar-refractivity contribution is -0.118. The molecule has 0 bridgehead atoms. The second-order valence-electron chi connectivity index (χ2n) is 8.53. The molecule has 0 aliphatic carbocycles. The zero-order valence-corrected chi connectivity index (χ0v) is 19.5. The van der Waals surface area contributed by atoms with Crippen molar-refractivity contribution in [3.63, 3.8) is 0 Å². The number of anilines is 2. The fraction of sp³-hybridized carbons (Fsp3) is 0.240. The van der Waals surface area contributed by atoms with Crippen LogP contribution in [0.4, 0.5) is 11.4 Å². The molecular formula is C25H28N2O4S. The average Bonchev–Trinajstić information content (AvgIpc) is 2.75. The molecule has 0 aromatic heterocycles. The van der Waals surface area contributed by atoms with Crippen LogP contribution in [-0.2, 0) is 20.2 Å². The van der Waals surface area contributed by atoms with Crippen LogP contribution in [0.15, 0.2) is 77.7 Å². The predicted octanol–water partition coefficient (Wildman–Crippen LogP) is 5.11. The summed E-state index contributed by atoms with van der Waals surface area (Å²) in [7, 11) is -3.73. The Morgan fingerprint density at radius 1 is 0.938 bits per heavy atom. The van der Waals surface area contributed by atoms with Gasteiger partial charge in [-0.2, -0.15) is 0 Å². The molecular weight excluding hydrogens is 424 g/mol. The molecule has 3 aromatic carbocycles. The van der Waals surface area contributed by atoms with Gasteiger partial charge in [0.15, 0.2) is 6.61 Å². The van der Waals surface area contributed by atoms with E-state index >= 15 is 0 Å². The third-order valence-corrected chi connectivity index (χ3v) is 6.25. The topological polar surface area (TPSA) is 84.5 Å². The molecule has 3 aromatic rings. The van der Waals surface area contributed by atoms with Crippen molar-refractivity contribution in [3.05, 3.63) is 83.9 Å². The van der Waals surface area contributed by atoms with Crippen LogP contribution in [0, 0.1) is 6.92 Å². The molecule has 6 nitrogen and oxygen atoms in total. The number of carbonyl (C=O) groups is 1. The van der Waals surface area contributed by atoms with Gasteiger partial charge in [0.25, 0.3) is 15.9 Å². The number of hydrogen-bond donors (Lipinski definition) is 2. The van der Waals surface area contributed by atoms with Crippen LogP contribution in [0.3, 0.4) is 0 Å². The van der Waals surface area contributed by atoms with Gasteiger partial charge in [0.2, 0.25) is 0 Å². The highest BCUT2D eigenvalue weighted by atomic mass is 32.2. The first-order valence-corrected chi connectivity index (χ1v) is 11.8. The van der Waals surface area contributed by atoms with Gasteiger partial charge in [0, 0.05) is 5.69 Å². The van der Waals surface area contributed by atoms with Crippen LogP contribution in [-0.4, -0.2) is 20.9 Å². The number of sulfonamides is 1. The normalized spacial score (nSPS) is 11.6. The molecule has 1 amide bonds. The minimum atomic E-state index is -3.73. The quantitative estimate of drug-likeness (QED) is 0.522. The Morgan fingerprint density at radius 3 is 2.28 bits per heavy atom. The maximum absolute atomic E-state index is 12.6. The zero-order chi connectivity index (χ0) is 23.4. The van der Waals surface area contributed by atoms with E-state index in [-0.39, 0.29) is 22.8 Å². The fourth-order valence-electron chi connectivity index (χ4n) is 3.17. The lowest BCUT2D eigenvalue weighted by Crippen LogP contribution is -2.22. The van der Waals surface area contributed by atoms with E-state index in [2.05, 4.69) is 30.8 Å². The summed E-state index contributed by atoms with van der Waals surface area (Å²) in [4.78, 5) is 12.6. The van der Waals surface area contributed by atoms with Crippen LogP contribution < -0.4 is 14.8 Å². The van der Waals surface area contributed by atoms with E-state index in [1.54, 1.807) is 43.3 Å². The van der Waals surface area contributed by atoms with Crippen LogP contribution in [0.5, 0.6) is 5.75 Å². The van der Waals surface area contributed by atoms with E-state index < -0.39 is 10.0 Å². The highest BCUT2D eigenvalue weighted by molar-refractivity contribution is 7.92. The van der Waals surface area contributed by atoms with Gasteiger partial charge in [-0.1, -0.05) is 63.2 Å². The molecule has 2 N–H and O–H groups in total. The Balaban J connectivity index is 1.69. The van der Waals surface area contributed by atoms with Crippen LogP contribution >= 0.6 is 0 Å². The molecule has 0 aliphatic heterocycles. The summed E-state index contributed by atoms with van der Waals surface area (Å²) >= 11 is 0. The zero-order valence-electron chi connectivity index (χ0n) is 18.7. The first-order valence-electron chi connectivity index (χ1n) is 10.3. The number of aryl methyl sites for hydroxylation is 1. The molecule has 0 aliphatic rings. The number of carbonyl (C=O) groups excluding carboxylic acids is 1. The van der Waals surface area contributed by atoms with Gasteiger partial charge in [-0.3, -0.25) is 9.52 Å². The van der Waals surface area contributed by atoms with Crippen molar-refractivity contribution in [2.24, 2.45) is 0 Å². The fourth-order valence-corrected chi connectivity index (χ4v) is 4.31. The van der Waals surface area contributed by atoms with Crippen LogP contribution in [0.2, 0.25) is 0 Å². The second kappa shape index (κ2) is 9.44. The monoisotopic (exact) mass is 452 g/mol. The van der Waals surface area contributed by atoms with Crippen molar-refractivity contribution in [2.45, 2.75) is 38.0 Å². The second-order valence-corrected chi connectivity index (χ2v) is 10.2. The first kappa shape index (κ1) is 23.3. The van der Waals surface area contributed by atoms with Gasteiger partial charge >= 0.3 is 0 Å². The maximum atomic E-state index is 12.6. The molecule has 0 fully saturated rings. The van der Waals surface area contributed by atoms with E-state index in [0.717, 1.165) is 11.1 Å². The number of nitrogens with one attached hydrogen (secondary N) is 2. The number of ether oxygens (including phenoxy) is 1. The molecule has 0 saturated heterocycles. The van der Waals surface area contributed by atoms with E-state index in [9.17, 15) is 13.2 Å². The molecule has 7 heteroatoms. The smallest absolute Gasteiger partial charge is 0.262 e. The Bertz CT molecular complexity index is 1200. The molecule has 0 heterocycles. The van der Waals surface area contributed by atoms with E-state index in [1.807, 2.05) is 24.3 Å². The van der Waals surface area contributed by atoms with Crippen molar-refractivity contribution in [1.82, 2.24) is 0 Å². The van der Waals surface area contributed by atoms with Crippen molar-refractivity contribution in [2.75, 3.05) is 16.6 Å². The lowest BCUT2D eigenvalue weighted by atomic mass is 9.86. The standard InChI is InChI=1S/C25H28N2O4S/c1-18-14-15-19(16-22(18)27-32(29,30)20-10-6-5-7-11-20)26-24(28)17-31-23-13-9-8-12-21(23)25(2,3)4/h5-16,27H,17H2,1-4H3,(H,26,28). The summed E-state index contributed by atoms with van der Waals surface area (Å²) in [5, 5.41) is 2.76. The third kappa shape index (κ3) is 5.88.